The average molecular weight is 433 g/mol. The minimum absolute atomic E-state index is 0.0332. The lowest BCUT2D eigenvalue weighted by atomic mass is 10.1. The van der Waals surface area contributed by atoms with Crippen molar-refractivity contribution in [2.24, 2.45) is 0 Å². The molecule has 0 bridgehead atoms. The molecule has 0 spiro atoms. The van der Waals surface area contributed by atoms with Gasteiger partial charge in [0, 0.05) is 29.2 Å². The molecule has 0 unspecified atom stereocenters. The predicted molar refractivity (Wildman–Crippen MR) is 118 cm³/mol. The quantitative estimate of drug-likeness (QED) is 0.210. The summed E-state index contributed by atoms with van der Waals surface area (Å²) in [5.74, 6) is -0.381. The van der Waals surface area contributed by atoms with Crippen LogP contribution in [0.5, 0.6) is 0 Å². The highest BCUT2D eigenvalue weighted by atomic mass is 32.1. The topological polar surface area (TPSA) is 115 Å². The largest absolute Gasteiger partial charge is 0.454 e. The van der Waals surface area contributed by atoms with Crippen LogP contribution in [0.3, 0.4) is 0 Å². The third kappa shape index (κ3) is 4.57. The molecule has 8 nitrogen and oxygen atoms in total. The zero-order chi connectivity index (χ0) is 21.8. The molecule has 0 radical (unpaired) electrons. The number of nitrogens with zero attached hydrogens (tertiary/aromatic N) is 2. The summed E-state index contributed by atoms with van der Waals surface area (Å²) in [6.07, 6.45) is 2.69. The lowest BCUT2D eigenvalue weighted by Gasteiger charge is -2.03. The van der Waals surface area contributed by atoms with Gasteiger partial charge >= 0.3 is 5.97 Å². The molecule has 31 heavy (non-hydrogen) atoms. The monoisotopic (exact) mass is 433 g/mol. The van der Waals surface area contributed by atoms with Crippen LogP contribution in [-0.2, 0) is 16.1 Å². The first-order valence-electron chi connectivity index (χ1n) is 9.16. The van der Waals surface area contributed by atoms with E-state index < -0.39 is 10.9 Å². The third-order valence-electron chi connectivity index (χ3n) is 4.44. The van der Waals surface area contributed by atoms with Crippen LogP contribution < -0.4 is 5.56 Å². The van der Waals surface area contributed by atoms with Gasteiger partial charge in [0.2, 0.25) is 0 Å². The summed E-state index contributed by atoms with van der Waals surface area (Å²) in [6.45, 7) is -0.187. The van der Waals surface area contributed by atoms with E-state index in [1.807, 2.05) is 35.7 Å². The van der Waals surface area contributed by atoms with E-state index in [1.165, 1.54) is 47.8 Å². The van der Waals surface area contributed by atoms with E-state index in [1.54, 1.807) is 0 Å². The van der Waals surface area contributed by atoms with Crippen molar-refractivity contribution in [2.45, 2.75) is 6.61 Å². The molecule has 0 atom stereocenters. The average Bonchev–Trinajstić information content (AvgIpc) is 3.22. The van der Waals surface area contributed by atoms with Crippen LogP contribution >= 0.6 is 11.3 Å². The molecule has 4 rings (SSSR count). The summed E-state index contributed by atoms with van der Waals surface area (Å²) in [4.78, 5) is 42.4. The summed E-state index contributed by atoms with van der Waals surface area (Å²) in [5, 5.41) is 13.0. The predicted octanol–water partition coefficient (Wildman–Crippen LogP) is 4.32. The number of aromatic amines is 1. The smallest absolute Gasteiger partial charge is 0.331 e. The van der Waals surface area contributed by atoms with E-state index in [2.05, 4.69) is 9.97 Å². The molecule has 0 amide bonds. The van der Waals surface area contributed by atoms with Gasteiger partial charge in [-0.3, -0.25) is 14.9 Å². The van der Waals surface area contributed by atoms with Crippen molar-refractivity contribution in [1.82, 2.24) is 9.97 Å². The number of nitrogens with one attached hydrogen (secondary N) is 1. The summed E-state index contributed by atoms with van der Waals surface area (Å²) >= 11 is 1.35. The van der Waals surface area contributed by atoms with Gasteiger partial charge in [0.15, 0.2) is 0 Å². The third-order valence-corrected chi connectivity index (χ3v) is 5.32. The number of thiophene rings is 1. The van der Waals surface area contributed by atoms with Crippen LogP contribution in [0.2, 0.25) is 0 Å². The Morgan fingerprint density at radius 1 is 1.16 bits per heavy atom. The zero-order valence-corrected chi connectivity index (χ0v) is 16.8. The molecule has 0 aliphatic rings. The Morgan fingerprint density at radius 3 is 2.61 bits per heavy atom. The highest BCUT2D eigenvalue weighted by Crippen LogP contribution is 2.30. The van der Waals surface area contributed by atoms with E-state index in [4.69, 9.17) is 4.74 Å². The number of hydrogen-bond donors (Lipinski definition) is 1. The van der Waals surface area contributed by atoms with Crippen LogP contribution in [0.15, 0.2) is 70.8 Å². The van der Waals surface area contributed by atoms with E-state index in [0.29, 0.717) is 15.8 Å². The number of carbonyl (C=O) groups is 1. The van der Waals surface area contributed by atoms with E-state index >= 15 is 0 Å². The van der Waals surface area contributed by atoms with Crippen LogP contribution in [0.25, 0.3) is 27.4 Å². The van der Waals surface area contributed by atoms with Crippen LogP contribution in [0.4, 0.5) is 5.69 Å². The van der Waals surface area contributed by atoms with Crippen molar-refractivity contribution < 1.29 is 14.5 Å². The normalized spacial score (nSPS) is 11.1. The Balaban J connectivity index is 1.45. The number of H-pyrrole nitrogens is 1. The molecule has 2 aromatic carbocycles. The summed E-state index contributed by atoms with van der Waals surface area (Å²) < 4.78 is 5.15. The number of benzene rings is 2. The van der Waals surface area contributed by atoms with Gasteiger partial charge in [-0.25, -0.2) is 9.78 Å². The first kappa shape index (κ1) is 20.2. The molecular weight excluding hydrogens is 418 g/mol. The molecule has 2 aromatic heterocycles. The SMILES string of the molecule is O=C(/C=C/c1ccc([N+](=O)[O-])cc1)OCc1nc2scc(-c3ccccc3)c2c(=O)[nH]1. The summed E-state index contributed by atoms with van der Waals surface area (Å²) in [6, 6.07) is 15.3. The lowest BCUT2D eigenvalue weighted by Crippen LogP contribution is -2.13. The molecule has 0 aliphatic heterocycles. The number of nitro groups is 1. The number of non-ortho nitro benzene ring substituents is 1. The number of esters is 1. The van der Waals surface area contributed by atoms with Crippen molar-refractivity contribution >= 4 is 39.3 Å². The fraction of sp³-hybridized carbons (Fsp3) is 0.0455. The van der Waals surface area contributed by atoms with Gasteiger partial charge in [-0.2, -0.15) is 0 Å². The standard InChI is InChI=1S/C22H15N3O5S/c26-19(11-8-14-6-9-16(10-7-14)25(28)29)30-12-18-23-21(27)20-17(13-31-22(20)24-18)15-4-2-1-3-5-15/h1-11,13H,12H2,(H,23,24,27)/b11-8+. The van der Waals surface area contributed by atoms with Gasteiger partial charge in [-0.1, -0.05) is 30.3 Å². The number of ether oxygens (including phenoxy) is 1. The van der Waals surface area contributed by atoms with Crippen molar-refractivity contribution in [2.75, 3.05) is 0 Å². The second-order valence-corrected chi connectivity index (χ2v) is 7.36. The Labute approximate surface area is 179 Å². The maximum atomic E-state index is 12.6. The second-order valence-electron chi connectivity index (χ2n) is 6.50. The Bertz CT molecular complexity index is 1340. The van der Waals surface area contributed by atoms with Crippen molar-refractivity contribution in [1.29, 1.82) is 0 Å². The molecule has 9 heteroatoms. The number of rotatable bonds is 6. The van der Waals surface area contributed by atoms with E-state index in [9.17, 15) is 19.7 Å². The maximum Gasteiger partial charge on any atom is 0.331 e. The van der Waals surface area contributed by atoms with Gasteiger partial charge in [0.25, 0.3) is 11.2 Å². The van der Waals surface area contributed by atoms with Crippen LogP contribution in [-0.4, -0.2) is 20.9 Å². The van der Waals surface area contributed by atoms with E-state index in [-0.39, 0.29) is 23.7 Å². The molecule has 4 aromatic rings. The molecule has 1 N–H and O–H groups in total. The Morgan fingerprint density at radius 2 is 1.90 bits per heavy atom. The Hall–Kier alpha value is -4.11. The number of fused-ring (bicyclic) bond motifs is 1. The van der Waals surface area contributed by atoms with Gasteiger partial charge in [-0.15, -0.1) is 11.3 Å². The van der Waals surface area contributed by atoms with Crippen molar-refractivity contribution in [3.05, 3.63) is 97.9 Å². The first-order chi connectivity index (χ1) is 15.0. The minimum Gasteiger partial charge on any atom is -0.454 e. The molecule has 0 aliphatic carbocycles. The second kappa shape index (κ2) is 8.72. The Kier molecular flexibility index (Phi) is 5.67. The van der Waals surface area contributed by atoms with Gasteiger partial charge in [0.1, 0.15) is 17.3 Å². The fourth-order valence-corrected chi connectivity index (χ4v) is 3.92. The lowest BCUT2D eigenvalue weighted by molar-refractivity contribution is -0.384. The molecule has 154 valence electrons. The fourth-order valence-electron chi connectivity index (χ4n) is 2.95. The highest BCUT2D eigenvalue weighted by Gasteiger charge is 2.13. The molecule has 0 fully saturated rings. The summed E-state index contributed by atoms with van der Waals surface area (Å²) in [5.41, 5.74) is 2.02. The number of hydrogen-bond acceptors (Lipinski definition) is 7. The number of aromatic nitrogens is 2. The highest BCUT2D eigenvalue weighted by molar-refractivity contribution is 7.17. The van der Waals surface area contributed by atoms with Gasteiger partial charge in [0.05, 0.1) is 10.3 Å². The molecular formula is C22H15N3O5S. The maximum absolute atomic E-state index is 12.6. The van der Waals surface area contributed by atoms with Gasteiger partial charge in [-0.05, 0) is 29.3 Å². The van der Waals surface area contributed by atoms with Crippen molar-refractivity contribution in [3.63, 3.8) is 0 Å². The van der Waals surface area contributed by atoms with Gasteiger partial charge < -0.3 is 9.72 Å². The first-order valence-corrected chi connectivity index (χ1v) is 10.0. The number of nitro benzene ring substituents is 1. The zero-order valence-electron chi connectivity index (χ0n) is 16.0. The summed E-state index contributed by atoms with van der Waals surface area (Å²) in [7, 11) is 0. The molecule has 0 saturated heterocycles. The number of carbonyl (C=O) groups excluding carboxylic acids is 1. The molecule has 2 heterocycles. The van der Waals surface area contributed by atoms with Crippen LogP contribution in [0.1, 0.15) is 11.4 Å². The molecule has 0 saturated carbocycles. The van der Waals surface area contributed by atoms with Crippen LogP contribution in [0, 0.1) is 10.1 Å². The minimum atomic E-state index is -0.628. The van der Waals surface area contributed by atoms with Crippen molar-refractivity contribution in [3.8, 4) is 11.1 Å². The van der Waals surface area contributed by atoms with E-state index in [0.717, 1.165) is 11.1 Å².